The van der Waals surface area contributed by atoms with Crippen molar-refractivity contribution in [2.24, 2.45) is 0 Å². The minimum absolute atomic E-state index is 0.128. The number of nitrogens with one attached hydrogen (secondary N) is 1. The molecule has 0 heterocycles. The van der Waals surface area contributed by atoms with E-state index in [-0.39, 0.29) is 19.0 Å². The van der Waals surface area contributed by atoms with Crippen molar-refractivity contribution in [1.82, 2.24) is 5.09 Å². The van der Waals surface area contributed by atoms with Crippen LogP contribution in [0.5, 0.6) is 0 Å². The Morgan fingerprint density at radius 3 is 2.47 bits per heavy atom. The summed E-state index contributed by atoms with van der Waals surface area (Å²) >= 11 is 4.82. The topological polar surface area (TPSA) is 110 Å². The van der Waals surface area contributed by atoms with Gasteiger partial charge < -0.3 is 27.4 Å². The maximum Gasteiger partial charge on any atom is 0.324 e. The van der Waals surface area contributed by atoms with Gasteiger partial charge in [-0.2, -0.15) is 0 Å². The Labute approximate surface area is 106 Å². The van der Waals surface area contributed by atoms with Crippen molar-refractivity contribution in [3.05, 3.63) is 0 Å². The molecule has 8 heteroatoms. The van der Waals surface area contributed by atoms with Gasteiger partial charge >= 0.3 is 11.9 Å². The van der Waals surface area contributed by atoms with E-state index in [9.17, 15) is 14.5 Å². The van der Waals surface area contributed by atoms with Gasteiger partial charge in [0, 0.05) is 12.6 Å². The average molecular weight is 282 g/mol. The number of carboxylic acid groups (broad SMARTS) is 2. The molecule has 0 amide bonds. The third kappa shape index (κ3) is 8.37. The Kier molecular flexibility index (Phi) is 7.70. The molecule has 6 nitrogen and oxygen atoms in total. The summed E-state index contributed by atoms with van der Waals surface area (Å²) in [6, 6.07) is -1.16. The summed E-state index contributed by atoms with van der Waals surface area (Å²) in [4.78, 5) is 33.0. The first-order chi connectivity index (χ1) is 7.78. The SMILES string of the molecule is CCCC[P+]([O-])([S-])N[C@@H](CCC(=O)O)C(=O)O. The molecule has 0 fully saturated rings. The van der Waals surface area contributed by atoms with Crippen LogP contribution in [0.3, 0.4) is 0 Å². The molecule has 0 aliphatic heterocycles. The number of rotatable bonds is 9. The Hall–Kier alpha value is -0.360. The third-order valence-corrected chi connectivity index (χ3v) is 4.58. The minimum atomic E-state index is -3.12. The van der Waals surface area contributed by atoms with Crippen LogP contribution in [0, 0.1) is 0 Å². The Balaban J connectivity index is 4.32. The molecule has 3 N–H and O–H groups in total. The van der Waals surface area contributed by atoms with Gasteiger partial charge in [-0.15, -0.1) is 0 Å². The summed E-state index contributed by atoms with van der Waals surface area (Å²) < 4.78 is 0. The van der Waals surface area contributed by atoms with Gasteiger partial charge in [-0.3, -0.25) is 9.59 Å². The molecule has 0 aromatic heterocycles. The van der Waals surface area contributed by atoms with E-state index < -0.39 is 24.8 Å². The number of unbranched alkanes of at least 4 members (excludes halogenated alkanes) is 1. The largest absolute Gasteiger partial charge is 0.682 e. The lowest BCUT2D eigenvalue weighted by molar-refractivity contribution is -0.168. The quantitative estimate of drug-likeness (QED) is 0.414. The number of aliphatic carboxylic acids is 2. The molecule has 0 saturated heterocycles. The van der Waals surface area contributed by atoms with Crippen molar-refractivity contribution in [2.75, 3.05) is 6.16 Å². The number of carboxylic acids is 2. The predicted molar refractivity (Wildman–Crippen MR) is 65.5 cm³/mol. The van der Waals surface area contributed by atoms with Gasteiger partial charge in [-0.1, -0.05) is 20.2 Å². The van der Waals surface area contributed by atoms with Crippen LogP contribution in [-0.2, 0) is 21.8 Å². The fraction of sp³-hybridized carbons (Fsp3) is 0.778. The lowest BCUT2D eigenvalue weighted by Crippen LogP contribution is -2.40. The van der Waals surface area contributed by atoms with E-state index in [2.05, 4.69) is 5.09 Å². The van der Waals surface area contributed by atoms with Crippen LogP contribution < -0.4 is 9.98 Å². The van der Waals surface area contributed by atoms with Crippen LogP contribution in [0.1, 0.15) is 32.6 Å². The highest BCUT2D eigenvalue weighted by molar-refractivity contribution is 8.38. The molecular formula is C9H17NO5PS-. The fourth-order valence-corrected chi connectivity index (χ4v) is 3.52. The fourth-order valence-electron chi connectivity index (χ4n) is 1.18. The zero-order valence-corrected chi connectivity index (χ0v) is 11.3. The van der Waals surface area contributed by atoms with E-state index >= 15 is 0 Å². The van der Waals surface area contributed by atoms with E-state index in [0.717, 1.165) is 6.42 Å². The molecule has 2 atom stereocenters. The molecule has 0 saturated carbocycles. The summed E-state index contributed by atoms with van der Waals surface area (Å²) in [6.45, 7) is -1.21. The summed E-state index contributed by atoms with van der Waals surface area (Å²) in [5.74, 6) is -2.32. The van der Waals surface area contributed by atoms with Crippen molar-refractivity contribution < 1.29 is 24.7 Å². The first kappa shape index (κ1) is 16.6. The van der Waals surface area contributed by atoms with Crippen LogP contribution in [0.15, 0.2) is 0 Å². The van der Waals surface area contributed by atoms with Crippen LogP contribution >= 0.6 is 6.84 Å². The molecular weight excluding hydrogens is 265 g/mol. The standard InChI is InChI=1S/C9H18NO5PS/c1-2-3-6-16(15,17)10-7(9(13)14)4-5-8(11)12/h7H,2-6H2,1H3,(H,11,12)(H,13,14)(H2,10,15,17)/p-1/t7-,16?/m0/s1. The molecule has 0 spiro atoms. The highest BCUT2D eigenvalue weighted by atomic mass is 32.7. The van der Waals surface area contributed by atoms with Crippen molar-refractivity contribution in [1.29, 1.82) is 0 Å². The van der Waals surface area contributed by atoms with Crippen LogP contribution in [0.4, 0.5) is 0 Å². The second kappa shape index (κ2) is 7.87. The second-order valence-corrected chi connectivity index (χ2v) is 7.52. The van der Waals surface area contributed by atoms with E-state index in [4.69, 9.17) is 22.5 Å². The summed E-state index contributed by atoms with van der Waals surface area (Å²) in [5, 5.41) is 19.7. The van der Waals surface area contributed by atoms with Crippen molar-refractivity contribution in [3.63, 3.8) is 0 Å². The molecule has 0 aromatic rings. The highest BCUT2D eigenvalue weighted by Crippen LogP contribution is 2.44. The second-order valence-electron chi connectivity index (χ2n) is 3.70. The number of hydrogen-bond acceptors (Lipinski definition) is 5. The first-order valence-electron chi connectivity index (χ1n) is 5.31. The number of hydrogen-bond donors (Lipinski definition) is 3. The summed E-state index contributed by atoms with van der Waals surface area (Å²) in [7, 11) is 0. The average Bonchev–Trinajstić information content (AvgIpc) is 2.20. The smallest absolute Gasteiger partial charge is 0.324 e. The summed E-state index contributed by atoms with van der Waals surface area (Å²) in [6.07, 6.45) is 1.29. The van der Waals surface area contributed by atoms with Crippen molar-refractivity contribution >= 4 is 31.0 Å². The van der Waals surface area contributed by atoms with Gasteiger partial charge in [0.15, 0.2) is 0 Å². The van der Waals surface area contributed by atoms with E-state index in [1.807, 2.05) is 6.92 Å². The lowest BCUT2D eigenvalue weighted by Gasteiger charge is -2.40. The van der Waals surface area contributed by atoms with Gasteiger partial charge in [0.05, 0.1) is 0 Å². The number of carbonyl (C=O) groups is 2. The molecule has 0 aliphatic rings. The predicted octanol–water partition coefficient (Wildman–Crippen LogP) is 0.364. The summed E-state index contributed by atoms with van der Waals surface area (Å²) in [5.41, 5.74) is 0. The Morgan fingerprint density at radius 1 is 1.47 bits per heavy atom. The zero-order valence-electron chi connectivity index (χ0n) is 9.59. The third-order valence-electron chi connectivity index (χ3n) is 2.10. The molecule has 0 aromatic carbocycles. The van der Waals surface area contributed by atoms with Crippen molar-refractivity contribution in [2.45, 2.75) is 38.6 Å². The molecule has 0 radical (unpaired) electrons. The van der Waals surface area contributed by atoms with Gasteiger partial charge in [0.2, 0.25) is 0 Å². The highest BCUT2D eigenvalue weighted by Gasteiger charge is 2.24. The molecule has 100 valence electrons. The van der Waals surface area contributed by atoms with E-state index in [1.54, 1.807) is 0 Å². The molecule has 1 unspecified atom stereocenters. The molecule has 0 aliphatic carbocycles. The normalized spacial score (nSPS) is 16.2. The monoisotopic (exact) mass is 282 g/mol. The first-order valence-corrected chi connectivity index (χ1v) is 8.21. The van der Waals surface area contributed by atoms with E-state index in [1.165, 1.54) is 0 Å². The zero-order chi connectivity index (χ0) is 13.5. The van der Waals surface area contributed by atoms with Gasteiger partial charge in [-0.25, -0.2) is 5.09 Å². The molecule has 0 rings (SSSR count). The Morgan fingerprint density at radius 2 is 2.06 bits per heavy atom. The molecule has 17 heavy (non-hydrogen) atoms. The van der Waals surface area contributed by atoms with Crippen LogP contribution in [-0.4, -0.2) is 34.4 Å². The van der Waals surface area contributed by atoms with E-state index in [0.29, 0.717) is 6.42 Å². The minimum Gasteiger partial charge on any atom is -0.682 e. The molecule has 0 bridgehead atoms. The Bertz CT molecular complexity index is 274. The van der Waals surface area contributed by atoms with Crippen LogP contribution in [0.2, 0.25) is 0 Å². The van der Waals surface area contributed by atoms with Gasteiger partial charge in [0.25, 0.3) is 0 Å². The van der Waals surface area contributed by atoms with Crippen LogP contribution in [0.25, 0.3) is 0 Å². The maximum absolute atomic E-state index is 11.8. The van der Waals surface area contributed by atoms with Gasteiger partial charge in [0.1, 0.15) is 6.04 Å². The van der Waals surface area contributed by atoms with Gasteiger partial charge in [-0.05, 0) is 12.8 Å². The maximum atomic E-state index is 11.8. The van der Waals surface area contributed by atoms with Crippen molar-refractivity contribution in [3.8, 4) is 0 Å². The lowest BCUT2D eigenvalue weighted by atomic mass is 10.2.